The number of ether oxygens (including phenoxy) is 1. The molecule has 1 aromatic rings. The van der Waals surface area contributed by atoms with Crippen LogP contribution in [0.1, 0.15) is 36.0 Å². The van der Waals surface area contributed by atoms with Gasteiger partial charge in [-0.1, -0.05) is 0 Å². The molecule has 7 nitrogen and oxygen atoms in total. The molecule has 4 rings (SSSR count). The molecule has 2 aliphatic heterocycles. The summed E-state index contributed by atoms with van der Waals surface area (Å²) in [5.74, 6) is 1.46. The summed E-state index contributed by atoms with van der Waals surface area (Å²) < 4.78 is 5.63. The monoisotopic (exact) mass is 401 g/mol. The Morgan fingerprint density at radius 3 is 2.45 bits per heavy atom. The number of benzene rings is 1. The molecule has 1 atom stereocenters. The molecule has 1 aromatic carbocycles. The fraction of sp³-hybridized carbons (Fsp3) is 0.636. The van der Waals surface area contributed by atoms with Crippen molar-refractivity contribution in [1.29, 1.82) is 0 Å². The fourth-order valence-electron chi connectivity index (χ4n) is 4.23. The normalized spacial score (nSPS) is 23.9. The zero-order valence-electron chi connectivity index (χ0n) is 16.9. The molecule has 158 valence electrons. The highest BCUT2D eigenvalue weighted by Crippen LogP contribution is 2.31. The number of morpholine rings is 1. The minimum Gasteiger partial charge on any atom is -0.508 e. The number of phenols is 1. The average molecular weight is 402 g/mol. The number of carbonyl (C=O) groups is 2. The van der Waals surface area contributed by atoms with Gasteiger partial charge in [0.15, 0.2) is 0 Å². The molecule has 0 radical (unpaired) electrons. The first kappa shape index (κ1) is 20.2. The lowest BCUT2D eigenvalue weighted by atomic mass is 9.95. The van der Waals surface area contributed by atoms with Crippen LogP contribution in [0, 0.1) is 11.8 Å². The van der Waals surface area contributed by atoms with Gasteiger partial charge in [-0.3, -0.25) is 9.59 Å². The van der Waals surface area contributed by atoms with Gasteiger partial charge >= 0.3 is 0 Å². The number of amides is 2. The molecule has 1 aliphatic carbocycles. The Morgan fingerprint density at radius 1 is 1.07 bits per heavy atom. The Bertz CT molecular complexity index is 711. The lowest BCUT2D eigenvalue weighted by Crippen LogP contribution is -2.52. The molecule has 2 amide bonds. The van der Waals surface area contributed by atoms with E-state index in [0.29, 0.717) is 24.6 Å². The third-order valence-corrected chi connectivity index (χ3v) is 6.24. The number of nitrogens with zero attached hydrogens (tertiary/aromatic N) is 2. The first-order valence-corrected chi connectivity index (χ1v) is 10.8. The first-order valence-electron chi connectivity index (χ1n) is 10.8. The summed E-state index contributed by atoms with van der Waals surface area (Å²) in [6.45, 7) is 5.31. The highest BCUT2D eigenvalue weighted by Gasteiger charge is 2.31. The van der Waals surface area contributed by atoms with Gasteiger partial charge in [0.05, 0.1) is 6.10 Å². The van der Waals surface area contributed by atoms with Crippen molar-refractivity contribution in [3.05, 3.63) is 29.8 Å². The summed E-state index contributed by atoms with van der Waals surface area (Å²) in [4.78, 5) is 29.0. The summed E-state index contributed by atoms with van der Waals surface area (Å²) in [5.41, 5.74) is 0.490. The number of carbonyl (C=O) groups excluding carboxylic acids is 2. The van der Waals surface area contributed by atoms with Gasteiger partial charge in [0.2, 0.25) is 5.91 Å². The number of aromatic hydroxyl groups is 1. The molecule has 1 unspecified atom stereocenters. The molecule has 2 N–H and O–H groups in total. The van der Waals surface area contributed by atoms with Crippen LogP contribution in [-0.2, 0) is 9.53 Å². The first-order chi connectivity index (χ1) is 14.1. The van der Waals surface area contributed by atoms with Gasteiger partial charge in [0.1, 0.15) is 12.4 Å². The third kappa shape index (κ3) is 5.70. The number of nitrogens with one attached hydrogen (secondary N) is 1. The molecule has 2 heterocycles. The zero-order valence-corrected chi connectivity index (χ0v) is 16.9. The maximum atomic E-state index is 12.3. The van der Waals surface area contributed by atoms with Crippen LogP contribution in [0.3, 0.4) is 0 Å². The smallest absolute Gasteiger partial charge is 0.251 e. The number of hydrogen-bond acceptors (Lipinski definition) is 5. The maximum Gasteiger partial charge on any atom is 0.251 e. The van der Waals surface area contributed by atoms with Gasteiger partial charge in [-0.05, 0) is 74.9 Å². The summed E-state index contributed by atoms with van der Waals surface area (Å²) in [6, 6.07) is 6.14. The third-order valence-electron chi connectivity index (χ3n) is 6.24. The lowest BCUT2D eigenvalue weighted by molar-refractivity contribution is -0.149. The highest BCUT2D eigenvalue weighted by atomic mass is 16.5. The second-order valence-corrected chi connectivity index (χ2v) is 8.68. The largest absolute Gasteiger partial charge is 0.508 e. The predicted molar refractivity (Wildman–Crippen MR) is 109 cm³/mol. The number of phenolic OH excluding ortho intramolecular Hbond substituents is 1. The molecule has 7 heteroatoms. The molecular formula is C22H31N3O4. The van der Waals surface area contributed by atoms with Crippen molar-refractivity contribution in [3.63, 3.8) is 0 Å². The Morgan fingerprint density at radius 2 is 1.76 bits per heavy atom. The Kier molecular flexibility index (Phi) is 6.35. The van der Waals surface area contributed by atoms with Crippen LogP contribution in [0.4, 0.5) is 0 Å². The molecule has 0 bridgehead atoms. The standard InChI is InChI=1S/C22H31N3O4/c26-19-5-3-18(4-6-19)22(28)23-11-20-14-25(21(27)15-29-20)13-17-7-9-24(10-8-17)12-16-1-2-16/h3-6,16-17,20,26H,1-2,7-15H2,(H,23,28). The van der Waals surface area contributed by atoms with Crippen molar-refractivity contribution >= 4 is 11.8 Å². The van der Waals surface area contributed by atoms with Crippen LogP contribution in [0.5, 0.6) is 5.75 Å². The Hall–Kier alpha value is -2.12. The molecule has 29 heavy (non-hydrogen) atoms. The summed E-state index contributed by atoms with van der Waals surface area (Å²) >= 11 is 0. The van der Waals surface area contributed by atoms with Crippen LogP contribution in [0.2, 0.25) is 0 Å². The predicted octanol–water partition coefficient (Wildman–Crippen LogP) is 1.47. The second-order valence-electron chi connectivity index (χ2n) is 8.68. The SMILES string of the molecule is O=C(NCC1CN(CC2CCN(CC3CC3)CC2)C(=O)CO1)c1ccc(O)cc1. The van der Waals surface area contributed by atoms with Gasteiger partial charge in [0.25, 0.3) is 5.91 Å². The zero-order chi connectivity index (χ0) is 20.2. The summed E-state index contributed by atoms with van der Waals surface area (Å²) in [5, 5.41) is 12.2. The van der Waals surface area contributed by atoms with Crippen molar-refractivity contribution < 1.29 is 19.4 Å². The molecular weight excluding hydrogens is 370 g/mol. The van der Waals surface area contributed by atoms with Crippen molar-refractivity contribution in [2.75, 3.05) is 45.9 Å². The number of piperidine rings is 1. The van der Waals surface area contributed by atoms with E-state index in [4.69, 9.17) is 4.74 Å². The van der Waals surface area contributed by atoms with Crippen LogP contribution in [-0.4, -0.2) is 78.7 Å². The minimum absolute atomic E-state index is 0.0477. The summed E-state index contributed by atoms with van der Waals surface area (Å²) in [7, 11) is 0. The van der Waals surface area contributed by atoms with Crippen molar-refractivity contribution in [2.45, 2.75) is 31.8 Å². The number of likely N-dealkylation sites (tertiary alicyclic amines) is 1. The lowest BCUT2D eigenvalue weighted by Gasteiger charge is -2.38. The van der Waals surface area contributed by atoms with E-state index in [1.165, 1.54) is 31.5 Å². The van der Waals surface area contributed by atoms with Crippen LogP contribution < -0.4 is 5.32 Å². The average Bonchev–Trinajstić information content (AvgIpc) is 3.54. The van der Waals surface area contributed by atoms with E-state index in [0.717, 1.165) is 38.4 Å². The minimum atomic E-state index is -0.208. The molecule has 0 spiro atoms. The summed E-state index contributed by atoms with van der Waals surface area (Å²) in [6.07, 6.45) is 4.91. The van der Waals surface area contributed by atoms with Gasteiger partial charge < -0.3 is 25.0 Å². The van der Waals surface area contributed by atoms with Crippen molar-refractivity contribution in [2.24, 2.45) is 11.8 Å². The van der Waals surface area contributed by atoms with Crippen molar-refractivity contribution in [1.82, 2.24) is 15.1 Å². The number of rotatable bonds is 7. The molecule has 2 saturated heterocycles. The van der Waals surface area contributed by atoms with E-state index in [1.807, 2.05) is 4.90 Å². The van der Waals surface area contributed by atoms with Gasteiger partial charge in [-0.25, -0.2) is 0 Å². The van der Waals surface area contributed by atoms with E-state index in [9.17, 15) is 14.7 Å². The molecule has 0 aromatic heterocycles. The van der Waals surface area contributed by atoms with Gasteiger partial charge in [0, 0.05) is 31.7 Å². The van der Waals surface area contributed by atoms with E-state index in [1.54, 1.807) is 12.1 Å². The quantitative estimate of drug-likeness (QED) is 0.723. The molecule has 3 aliphatic rings. The van der Waals surface area contributed by atoms with Crippen LogP contribution >= 0.6 is 0 Å². The van der Waals surface area contributed by atoms with E-state index >= 15 is 0 Å². The van der Waals surface area contributed by atoms with Crippen LogP contribution in [0.15, 0.2) is 24.3 Å². The topological polar surface area (TPSA) is 82.1 Å². The van der Waals surface area contributed by atoms with E-state index < -0.39 is 0 Å². The van der Waals surface area contributed by atoms with Crippen LogP contribution in [0.25, 0.3) is 0 Å². The Balaban J connectivity index is 1.21. The molecule has 1 saturated carbocycles. The van der Waals surface area contributed by atoms with E-state index in [2.05, 4.69) is 10.2 Å². The van der Waals surface area contributed by atoms with E-state index in [-0.39, 0.29) is 30.3 Å². The fourth-order valence-corrected chi connectivity index (χ4v) is 4.23. The Labute approximate surface area is 172 Å². The molecule has 3 fully saturated rings. The highest BCUT2D eigenvalue weighted by molar-refractivity contribution is 5.94. The van der Waals surface area contributed by atoms with Gasteiger partial charge in [-0.15, -0.1) is 0 Å². The second kappa shape index (κ2) is 9.13. The number of hydrogen-bond donors (Lipinski definition) is 2. The van der Waals surface area contributed by atoms with Crippen molar-refractivity contribution in [3.8, 4) is 5.75 Å². The maximum absolute atomic E-state index is 12.3. The van der Waals surface area contributed by atoms with Gasteiger partial charge in [-0.2, -0.15) is 0 Å².